The molecule has 0 saturated carbocycles. The summed E-state index contributed by atoms with van der Waals surface area (Å²) < 4.78 is 0. The van der Waals surface area contributed by atoms with Crippen LogP contribution in [-0.2, 0) is 4.79 Å². The van der Waals surface area contributed by atoms with Crippen LogP contribution in [0.2, 0.25) is 0 Å². The fourth-order valence-electron chi connectivity index (χ4n) is 4.51. The lowest BCUT2D eigenvalue weighted by atomic mass is 9.82. The van der Waals surface area contributed by atoms with Crippen molar-refractivity contribution in [2.24, 2.45) is 0 Å². The standard InChI is InChI=1S/C15H25N3O2/c1-9(2)17-11-5-6-12(17)8-15(7-11)13(19)18(10(3)4)14(20)16-15/h9-12H,5-8H2,1-4H3,(H,16,20)/t11-,12+,15?. The van der Waals surface area contributed by atoms with Crippen LogP contribution in [0.4, 0.5) is 4.79 Å². The minimum absolute atomic E-state index is 0.00203. The molecule has 0 aromatic heterocycles. The number of nitrogens with zero attached hydrogens (tertiary/aromatic N) is 2. The number of fused-ring (bicyclic) bond motifs is 2. The van der Waals surface area contributed by atoms with E-state index in [0.29, 0.717) is 18.1 Å². The molecule has 1 N–H and O–H groups in total. The van der Waals surface area contributed by atoms with Crippen LogP contribution in [0, 0.1) is 0 Å². The second-order valence-corrected chi connectivity index (χ2v) is 7.12. The number of urea groups is 1. The second-order valence-electron chi connectivity index (χ2n) is 7.12. The number of rotatable bonds is 2. The largest absolute Gasteiger partial charge is 0.325 e. The molecule has 2 bridgehead atoms. The fourth-order valence-corrected chi connectivity index (χ4v) is 4.51. The van der Waals surface area contributed by atoms with Crippen molar-refractivity contribution < 1.29 is 9.59 Å². The van der Waals surface area contributed by atoms with Gasteiger partial charge in [0, 0.05) is 24.2 Å². The minimum Gasteiger partial charge on any atom is -0.323 e. The molecule has 3 amide bonds. The molecule has 0 aliphatic carbocycles. The summed E-state index contributed by atoms with van der Waals surface area (Å²) in [7, 11) is 0. The first-order chi connectivity index (χ1) is 9.35. The third-order valence-electron chi connectivity index (χ3n) is 5.15. The highest BCUT2D eigenvalue weighted by molar-refractivity contribution is 6.07. The smallest absolute Gasteiger partial charge is 0.323 e. The SMILES string of the molecule is CC(C)N1C(=O)NC2(C[C@H]3CC[C@@H](C2)N3C(C)C)C1=O. The van der Waals surface area contributed by atoms with Gasteiger partial charge in [-0.2, -0.15) is 0 Å². The van der Waals surface area contributed by atoms with E-state index in [1.54, 1.807) is 0 Å². The van der Waals surface area contributed by atoms with Crippen LogP contribution >= 0.6 is 0 Å². The van der Waals surface area contributed by atoms with E-state index in [-0.39, 0.29) is 18.0 Å². The summed E-state index contributed by atoms with van der Waals surface area (Å²) in [5.41, 5.74) is -0.626. The van der Waals surface area contributed by atoms with Crippen LogP contribution in [0.1, 0.15) is 53.4 Å². The minimum atomic E-state index is -0.626. The van der Waals surface area contributed by atoms with Crippen LogP contribution < -0.4 is 5.32 Å². The van der Waals surface area contributed by atoms with Crippen molar-refractivity contribution in [3.8, 4) is 0 Å². The number of piperidine rings is 1. The van der Waals surface area contributed by atoms with Crippen LogP contribution in [0.15, 0.2) is 0 Å². The van der Waals surface area contributed by atoms with Crippen LogP contribution in [0.25, 0.3) is 0 Å². The highest BCUT2D eigenvalue weighted by Gasteiger charge is 2.59. The van der Waals surface area contributed by atoms with E-state index >= 15 is 0 Å². The maximum atomic E-state index is 12.8. The quantitative estimate of drug-likeness (QED) is 0.783. The van der Waals surface area contributed by atoms with Gasteiger partial charge in [0.1, 0.15) is 5.54 Å². The summed E-state index contributed by atoms with van der Waals surface area (Å²) in [4.78, 5) is 28.8. The Morgan fingerprint density at radius 3 is 2.00 bits per heavy atom. The molecule has 3 fully saturated rings. The Hall–Kier alpha value is -1.10. The molecule has 3 aliphatic rings. The zero-order valence-corrected chi connectivity index (χ0v) is 12.8. The number of hydrogen-bond acceptors (Lipinski definition) is 3. The molecule has 3 aliphatic heterocycles. The lowest BCUT2D eigenvalue weighted by Crippen LogP contribution is -2.60. The molecule has 3 saturated heterocycles. The summed E-state index contributed by atoms with van der Waals surface area (Å²) in [5.74, 6) is -0.00203. The lowest BCUT2D eigenvalue weighted by Gasteiger charge is -2.45. The highest BCUT2D eigenvalue weighted by atomic mass is 16.2. The number of nitrogens with one attached hydrogen (secondary N) is 1. The van der Waals surface area contributed by atoms with Crippen LogP contribution in [-0.4, -0.2) is 51.4 Å². The molecular formula is C15H25N3O2. The Balaban J connectivity index is 1.87. The molecular weight excluding hydrogens is 254 g/mol. The molecule has 20 heavy (non-hydrogen) atoms. The van der Waals surface area contributed by atoms with E-state index in [4.69, 9.17) is 0 Å². The summed E-state index contributed by atoms with van der Waals surface area (Å²) in [6.45, 7) is 8.24. The second kappa shape index (κ2) is 4.45. The van der Waals surface area contributed by atoms with Crippen molar-refractivity contribution in [3.05, 3.63) is 0 Å². The molecule has 0 aromatic carbocycles. The van der Waals surface area contributed by atoms with E-state index in [0.717, 1.165) is 25.7 Å². The van der Waals surface area contributed by atoms with Gasteiger partial charge < -0.3 is 5.32 Å². The Bertz CT molecular complexity index is 432. The molecule has 0 radical (unpaired) electrons. The van der Waals surface area contributed by atoms with E-state index < -0.39 is 5.54 Å². The molecule has 112 valence electrons. The van der Waals surface area contributed by atoms with Crippen LogP contribution in [0.3, 0.4) is 0 Å². The van der Waals surface area contributed by atoms with E-state index in [2.05, 4.69) is 24.1 Å². The number of hydrogen-bond donors (Lipinski definition) is 1. The first-order valence-electron chi connectivity index (χ1n) is 7.79. The number of carbonyl (C=O) groups is 2. The van der Waals surface area contributed by atoms with Gasteiger partial charge in [-0.05, 0) is 53.4 Å². The molecule has 5 heteroatoms. The van der Waals surface area contributed by atoms with Gasteiger partial charge in [-0.1, -0.05) is 0 Å². The monoisotopic (exact) mass is 279 g/mol. The zero-order chi connectivity index (χ0) is 14.7. The Morgan fingerprint density at radius 1 is 1.05 bits per heavy atom. The normalized spacial score (nSPS) is 37.6. The van der Waals surface area contributed by atoms with Crippen molar-refractivity contribution in [2.45, 2.75) is 83.1 Å². The topological polar surface area (TPSA) is 52.7 Å². The number of amides is 3. The van der Waals surface area contributed by atoms with E-state index in [9.17, 15) is 9.59 Å². The highest BCUT2D eigenvalue weighted by Crippen LogP contribution is 2.44. The van der Waals surface area contributed by atoms with Gasteiger partial charge in [0.25, 0.3) is 5.91 Å². The van der Waals surface area contributed by atoms with Crippen molar-refractivity contribution in [1.82, 2.24) is 15.1 Å². The Morgan fingerprint density at radius 2 is 1.60 bits per heavy atom. The average Bonchev–Trinajstić information content (AvgIpc) is 2.73. The fraction of sp³-hybridized carbons (Fsp3) is 0.867. The third kappa shape index (κ3) is 1.79. The third-order valence-corrected chi connectivity index (χ3v) is 5.15. The zero-order valence-electron chi connectivity index (χ0n) is 12.8. The Kier molecular flexibility index (Phi) is 3.08. The first-order valence-corrected chi connectivity index (χ1v) is 7.79. The number of carbonyl (C=O) groups excluding carboxylic acids is 2. The maximum Gasteiger partial charge on any atom is 0.325 e. The van der Waals surface area contributed by atoms with Crippen molar-refractivity contribution in [2.75, 3.05) is 0 Å². The Labute approximate surface area is 120 Å². The van der Waals surface area contributed by atoms with E-state index in [1.807, 2.05) is 13.8 Å². The van der Waals surface area contributed by atoms with Gasteiger partial charge in [-0.15, -0.1) is 0 Å². The maximum absolute atomic E-state index is 12.8. The van der Waals surface area contributed by atoms with Gasteiger partial charge in [0.05, 0.1) is 0 Å². The number of imide groups is 1. The molecule has 1 unspecified atom stereocenters. The molecule has 3 heterocycles. The molecule has 3 rings (SSSR count). The van der Waals surface area contributed by atoms with Gasteiger partial charge in [-0.3, -0.25) is 14.6 Å². The summed E-state index contributed by atoms with van der Waals surface area (Å²) in [5, 5.41) is 3.02. The summed E-state index contributed by atoms with van der Waals surface area (Å²) in [6, 6.07) is 1.11. The summed E-state index contributed by atoms with van der Waals surface area (Å²) >= 11 is 0. The van der Waals surface area contributed by atoms with Crippen molar-refractivity contribution >= 4 is 11.9 Å². The molecule has 3 atom stereocenters. The van der Waals surface area contributed by atoms with Crippen molar-refractivity contribution in [1.29, 1.82) is 0 Å². The van der Waals surface area contributed by atoms with Gasteiger partial charge >= 0.3 is 6.03 Å². The van der Waals surface area contributed by atoms with Gasteiger partial charge in [-0.25, -0.2) is 4.79 Å². The average molecular weight is 279 g/mol. The van der Waals surface area contributed by atoms with Gasteiger partial charge in [0.15, 0.2) is 0 Å². The molecule has 0 aromatic rings. The van der Waals surface area contributed by atoms with E-state index in [1.165, 1.54) is 4.90 Å². The van der Waals surface area contributed by atoms with Crippen LogP contribution in [0.5, 0.6) is 0 Å². The lowest BCUT2D eigenvalue weighted by molar-refractivity contribution is -0.135. The summed E-state index contributed by atoms with van der Waals surface area (Å²) in [6.07, 6.45) is 3.84. The molecule has 5 nitrogen and oxygen atoms in total. The predicted octanol–water partition coefficient (Wildman–Crippen LogP) is 1.72. The van der Waals surface area contributed by atoms with Crippen molar-refractivity contribution in [3.63, 3.8) is 0 Å². The first kappa shape index (κ1) is 13.9. The van der Waals surface area contributed by atoms with Gasteiger partial charge in [0.2, 0.25) is 0 Å². The molecule has 1 spiro atoms. The predicted molar refractivity (Wildman–Crippen MR) is 76.3 cm³/mol.